The lowest BCUT2D eigenvalue weighted by molar-refractivity contribution is -0.176. The predicted molar refractivity (Wildman–Crippen MR) is 117 cm³/mol. The highest BCUT2D eigenvalue weighted by atomic mass is 19.4. The Morgan fingerprint density at radius 2 is 2.03 bits per heavy atom. The molecule has 0 spiro atoms. The average Bonchev–Trinajstić information content (AvgIpc) is 3.43. The molecule has 0 aromatic rings. The molecular formula is C23H32F3N5O4. The minimum Gasteiger partial charge on any atom is -0.356 e. The Kier molecular flexibility index (Phi) is 2.73. The van der Waals surface area contributed by atoms with Gasteiger partial charge in [-0.3, -0.25) is 19.2 Å². The molecule has 9 nitrogen and oxygen atoms in total. The maximum atomic E-state index is 14.4. The van der Waals surface area contributed by atoms with E-state index in [0.29, 0.717) is 0 Å². The summed E-state index contributed by atoms with van der Waals surface area (Å²) in [5.41, 5.74) is -7.58. The summed E-state index contributed by atoms with van der Waals surface area (Å²) in [6.45, 7) is -25.2. The summed E-state index contributed by atoms with van der Waals surface area (Å²) in [5, 5.41) is 14.0. The first-order valence-corrected chi connectivity index (χ1v) is 9.80. The third kappa shape index (κ3) is 5.23. The van der Waals surface area contributed by atoms with Gasteiger partial charge >= 0.3 is 12.1 Å². The van der Waals surface area contributed by atoms with Crippen molar-refractivity contribution in [2.45, 2.75) is 71.4 Å². The molecule has 12 heteroatoms. The quantitative estimate of drug-likeness (QED) is 0.484. The zero-order valence-corrected chi connectivity index (χ0v) is 17.5. The highest BCUT2D eigenvalue weighted by Gasteiger charge is 2.70. The van der Waals surface area contributed by atoms with E-state index in [4.69, 9.17) is 27.4 Å². The molecule has 194 valence electrons. The van der Waals surface area contributed by atoms with Crippen LogP contribution in [0.1, 0.15) is 74.5 Å². The van der Waals surface area contributed by atoms with Gasteiger partial charge in [0.15, 0.2) is 0 Å². The molecule has 2 aliphatic heterocycles. The van der Waals surface area contributed by atoms with Crippen LogP contribution in [0, 0.1) is 39.9 Å². The third-order valence-electron chi connectivity index (χ3n) is 5.81. The van der Waals surface area contributed by atoms with Crippen molar-refractivity contribution in [3.8, 4) is 6.07 Å². The van der Waals surface area contributed by atoms with Crippen molar-refractivity contribution in [3.63, 3.8) is 0 Å². The fraction of sp³-hybridized carbons (Fsp3) is 0.783. The molecule has 1 aliphatic carbocycles. The number of likely N-dealkylation sites (tertiary alicyclic amines) is 1. The minimum atomic E-state index is -6.05. The number of carbonyl (C=O) groups excluding carboxylic acids is 4. The van der Waals surface area contributed by atoms with Crippen LogP contribution in [0.5, 0.6) is 0 Å². The number of hydrogen-bond donors (Lipinski definition) is 3. The first kappa shape index (κ1) is 10.6. The van der Waals surface area contributed by atoms with Gasteiger partial charge < -0.3 is 20.9 Å². The van der Waals surface area contributed by atoms with E-state index in [9.17, 15) is 37.6 Å². The Hall–Kier alpha value is -2.84. The van der Waals surface area contributed by atoms with Gasteiger partial charge in [0.2, 0.25) is 17.7 Å². The van der Waals surface area contributed by atoms with Gasteiger partial charge in [0.25, 0.3) is 0 Å². The van der Waals surface area contributed by atoms with Crippen LogP contribution in [-0.2, 0) is 19.2 Å². The van der Waals surface area contributed by atoms with Gasteiger partial charge in [0.05, 0.1) is 6.07 Å². The number of nitrogens with one attached hydrogen (secondary N) is 3. The molecule has 3 rings (SSSR count). The fourth-order valence-electron chi connectivity index (χ4n) is 4.03. The summed E-state index contributed by atoms with van der Waals surface area (Å²) in [4.78, 5) is 53.2. The molecule has 0 radical (unpaired) electrons. The molecular weight excluding hydrogens is 467 g/mol. The normalized spacial score (nSPS) is 44.1. The van der Waals surface area contributed by atoms with E-state index in [1.807, 2.05) is 5.32 Å². The van der Waals surface area contributed by atoms with Gasteiger partial charge in [-0.25, -0.2) is 0 Å². The van der Waals surface area contributed by atoms with Crippen LogP contribution in [0.25, 0.3) is 0 Å². The van der Waals surface area contributed by atoms with Crippen molar-refractivity contribution in [1.29, 1.82) is 5.26 Å². The number of hydrogen-bond acceptors (Lipinski definition) is 5. The van der Waals surface area contributed by atoms with Crippen LogP contribution in [-0.4, -0.2) is 65.9 Å². The number of piperidine rings is 1. The summed E-state index contributed by atoms with van der Waals surface area (Å²) in [6, 6.07) is -7.37. The summed E-state index contributed by atoms with van der Waals surface area (Å²) >= 11 is 0. The van der Waals surface area contributed by atoms with Crippen LogP contribution >= 0.6 is 0 Å². The second-order valence-corrected chi connectivity index (χ2v) is 8.23. The zero-order chi connectivity index (χ0) is 43.5. The molecule has 35 heavy (non-hydrogen) atoms. The Morgan fingerprint density at radius 1 is 1.34 bits per heavy atom. The summed E-state index contributed by atoms with van der Waals surface area (Å²) < 4.78 is 200. The lowest BCUT2D eigenvalue weighted by atomic mass is 9.85. The number of rotatable bonds is 6. The SMILES string of the molecule is [2H]C([2H])([2H])C1(C([2H])([2H])[2H])[C@@H]2[C@@H](C(=O)N[C@H](C#N)C[C@@]3([2H])C(=O)NC([2H])([2H])C3([2H])[2H])N(C(=O)[C@@H](NC(=O)C(F)(F)F)C(C([2H])([2H])[2H])(C([2H])([2H])[2H])C([2H])([2H])[2H])C[C@@H]21. The topological polar surface area (TPSA) is 131 Å². The van der Waals surface area contributed by atoms with Crippen molar-refractivity contribution in [2.24, 2.45) is 28.6 Å². The van der Waals surface area contributed by atoms with Gasteiger partial charge in [-0.15, -0.1) is 0 Å². The second kappa shape index (κ2) is 8.99. The van der Waals surface area contributed by atoms with Gasteiger partial charge in [-0.05, 0) is 35.5 Å². The molecule has 3 N–H and O–H groups in total. The summed E-state index contributed by atoms with van der Waals surface area (Å²) in [7, 11) is 0. The van der Waals surface area contributed by atoms with E-state index in [2.05, 4.69) is 0 Å². The van der Waals surface area contributed by atoms with E-state index in [1.54, 1.807) is 5.32 Å². The van der Waals surface area contributed by atoms with Crippen molar-refractivity contribution in [2.75, 3.05) is 13.0 Å². The molecule has 0 aromatic heterocycles. The van der Waals surface area contributed by atoms with Crippen molar-refractivity contribution >= 4 is 23.6 Å². The zero-order valence-electron chi connectivity index (χ0n) is 37.5. The van der Waals surface area contributed by atoms with Gasteiger partial charge in [-0.1, -0.05) is 34.3 Å². The molecule has 3 fully saturated rings. The molecule has 3 aliphatic rings. The van der Waals surface area contributed by atoms with E-state index in [0.717, 1.165) is 5.32 Å². The Morgan fingerprint density at radius 3 is 2.54 bits per heavy atom. The number of halogens is 3. The molecule has 0 bridgehead atoms. The Labute approximate surface area is 230 Å². The number of nitriles is 1. The molecule has 4 amide bonds. The van der Waals surface area contributed by atoms with Crippen LogP contribution in [0.2, 0.25) is 0 Å². The van der Waals surface area contributed by atoms with E-state index >= 15 is 0 Å². The largest absolute Gasteiger partial charge is 0.471 e. The Balaban J connectivity index is 2.30. The van der Waals surface area contributed by atoms with Gasteiger partial charge in [0.1, 0.15) is 18.1 Å². The average molecular weight is 520 g/mol. The van der Waals surface area contributed by atoms with E-state index < -0.39 is 137 Å². The van der Waals surface area contributed by atoms with Crippen LogP contribution in [0.15, 0.2) is 0 Å². The number of fused-ring (bicyclic) bond motifs is 1. The van der Waals surface area contributed by atoms with Gasteiger partial charge in [0, 0.05) is 46.4 Å². The minimum absolute atomic E-state index is 0.0369. The molecule has 0 aromatic carbocycles. The second-order valence-electron chi connectivity index (χ2n) is 8.23. The summed E-state index contributed by atoms with van der Waals surface area (Å²) in [6.07, 6.45) is -10.9. The van der Waals surface area contributed by atoms with Crippen LogP contribution in [0.4, 0.5) is 13.2 Å². The maximum absolute atomic E-state index is 14.4. The number of nitrogens with zero attached hydrogens (tertiary/aromatic N) is 2. The van der Waals surface area contributed by atoms with Crippen molar-refractivity contribution < 1.29 is 59.8 Å². The third-order valence-corrected chi connectivity index (χ3v) is 5.81. The Bertz CT molecular complexity index is 1600. The highest BCUT2D eigenvalue weighted by Crippen LogP contribution is 2.65. The fourth-order valence-corrected chi connectivity index (χ4v) is 4.03. The lowest BCUT2D eigenvalue weighted by Gasteiger charge is -2.37. The smallest absolute Gasteiger partial charge is 0.356 e. The summed E-state index contributed by atoms with van der Waals surface area (Å²) in [5.74, 6) is -16.3. The predicted octanol–water partition coefficient (Wildman–Crippen LogP) is 1.10. The van der Waals surface area contributed by atoms with Gasteiger partial charge in [-0.2, -0.15) is 18.4 Å². The number of carbonyl (C=O) groups is 4. The first-order chi connectivity index (χ1) is 24.1. The number of amides is 4. The van der Waals surface area contributed by atoms with Crippen molar-refractivity contribution in [3.05, 3.63) is 0 Å². The van der Waals surface area contributed by atoms with Crippen LogP contribution in [0.3, 0.4) is 0 Å². The number of alkyl halides is 3. The molecule has 6 atom stereocenters. The maximum Gasteiger partial charge on any atom is 0.471 e. The molecule has 2 saturated heterocycles. The standard InChI is InChI=1S/C23H32F3N5O4/c1-21(2,3)16(30-20(35)23(24,25)26)19(34)31-10-13-14(22(13,4)5)15(31)18(33)29-12(9-27)8-11-6-7-28-17(11)32/h11-16H,6-8,10H2,1-5H3,(H,28,32)(H,29,33)(H,30,35)/t11-,12-,13-,14-,15-,16+/m0/s1/i1D3,2D3,3D3,4D3,5D3,6D2,7D2,11D. The lowest BCUT2D eigenvalue weighted by Crippen LogP contribution is -2.61. The van der Waals surface area contributed by atoms with E-state index in [1.165, 1.54) is 6.07 Å². The van der Waals surface area contributed by atoms with Crippen LogP contribution < -0.4 is 16.0 Å². The molecule has 2 heterocycles. The highest BCUT2D eigenvalue weighted by molar-refractivity contribution is 5.95. The van der Waals surface area contributed by atoms with E-state index in [-0.39, 0.29) is 4.90 Å². The molecule has 0 unspecified atom stereocenters. The monoisotopic (exact) mass is 519 g/mol. The molecule has 1 saturated carbocycles. The van der Waals surface area contributed by atoms with Crippen molar-refractivity contribution in [1.82, 2.24) is 20.9 Å². The first-order valence-electron chi connectivity index (χ1n) is 19.8.